The van der Waals surface area contributed by atoms with Gasteiger partial charge in [-0.25, -0.2) is 13.8 Å². The molecule has 0 aliphatic heterocycles. The Morgan fingerprint density at radius 2 is 1.94 bits per heavy atom. The van der Waals surface area contributed by atoms with Gasteiger partial charge in [0.05, 0.1) is 11.9 Å². The van der Waals surface area contributed by atoms with Crippen molar-refractivity contribution in [3.05, 3.63) is 41.9 Å². The molecule has 0 fully saturated rings. The summed E-state index contributed by atoms with van der Waals surface area (Å²) >= 11 is 0. The molecule has 1 atom stereocenters. The van der Waals surface area contributed by atoms with Gasteiger partial charge in [-0.15, -0.1) is 0 Å². The zero-order valence-corrected chi connectivity index (χ0v) is 9.37. The van der Waals surface area contributed by atoms with Gasteiger partial charge in [-0.1, -0.05) is 0 Å². The molecule has 5 heteroatoms. The molecule has 17 heavy (non-hydrogen) atoms. The number of nitrogens with two attached hydrogens (primary N) is 1. The highest BCUT2D eigenvalue weighted by atomic mass is 19.1. The summed E-state index contributed by atoms with van der Waals surface area (Å²) < 4.78 is 26.1. The van der Waals surface area contributed by atoms with Crippen LogP contribution < -0.4 is 5.73 Å². The summed E-state index contributed by atoms with van der Waals surface area (Å²) in [4.78, 5) is 7.10. The number of nitrogens with zero attached hydrogens (tertiary/aromatic N) is 1. The van der Waals surface area contributed by atoms with E-state index in [1.54, 1.807) is 6.20 Å². The lowest BCUT2D eigenvalue weighted by Gasteiger charge is -2.01. The molecular formula is C12H13F2N3. The Morgan fingerprint density at radius 3 is 2.53 bits per heavy atom. The number of hydrogen-bond acceptors (Lipinski definition) is 2. The Morgan fingerprint density at radius 1 is 1.29 bits per heavy atom. The molecule has 0 aliphatic rings. The van der Waals surface area contributed by atoms with Crippen LogP contribution in [0.25, 0.3) is 11.3 Å². The molecule has 0 amide bonds. The fourth-order valence-electron chi connectivity index (χ4n) is 1.63. The van der Waals surface area contributed by atoms with Crippen LogP contribution in [0.5, 0.6) is 0 Å². The van der Waals surface area contributed by atoms with Gasteiger partial charge in [-0.05, 0) is 19.1 Å². The van der Waals surface area contributed by atoms with Crippen molar-refractivity contribution in [1.82, 2.24) is 9.97 Å². The van der Waals surface area contributed by atoms with Gasteiger partial charge in [0.2, 0.25) is 0 Å². The Hall–Kier alpha value is -1.75. The molecule has 0 saturated carbocycles. The molecule has 2 aromatic rings. The summed E-state index contributed by atoms with van der Waals surface area (Å²) in [6, 6.07) is 3.33. The molecule has 0 radical (unpaired) electrons. The van der Waals surface area contributed by atoms with E-state index >= 15 is 0 Å². The molecule has 1 unspecified atom stereocenters. The van der Waals surface area contributed by atoms with Crippen LogP contribution in [0.1, 0.15) is 12.7 Å². The van der Waals surface area contributed by atoms with Crippen molar-refractivity contribution in [3.8, 4) is 11.3 Å². The maximum absolute atomic E-state index is 13.0. The second-order valence-electron chi connectivity index (χ2n) is 4.08. The highest BCUT2D eigenvalue weighted by Gasteiger charge is 2.07. The average molecular weight is 237 g/mol. The number of halogens is 2. The maximum atomic E-state index is 13.0. The van der Waals surface area contributed by atoms with E-state index in [1.165, 1.54) is 12.1 Å². The second kappa shape index (κ2) is 4.63. The third-order valence-corrected chi connectivity index (χ3v) is 2.32. The minimum absolute atomic E-state index is 0.0155. The third kappa shape index (κ3) is 2.88. The zero-order chi connectivity index (χ0) is 12.4. The maximum Gasteiger partial charge on any atom is 0.126 e. The number of nitrogens with one attached hydrogen (secondary N) is 1. The van der Waals surface area contributed by atoms with Gasteiger partial charge in [0.15, 0.2) is 0 Å². The van der Waals surface area contributed by atoms with Gasteiger partial charge in [0.25, 0.3) is 0 Å². The first kappa shape index (κ1) is 11.7. The third-order valence-electron chi connectivity index (χ3n) is 2.32. The normalized spacial score (nSPS) is 12.7. The molecule has 0 spiro atoms. The van der Waals surface area contributed by atoms with Crippen molar-refractivity contribution in [2.75, 3.05) is 0 Å². The summed E-state index contributed by atoms with van der Waals surface area (Å²) in [6.07, 6.45) is 2.14. The second-order valence-corrected chi connectivity index (χ2v) is 4.08. The molecule has 2 rings (SSSR count). The predicted octanol–water partition coefficient (Wildman–Crippen LogP) is 2.24. The number of rotatable bonds is 3. The van der Waals surface area contributed by atoms with E-state index < -0.39 is 11.6 Å². The molecule has 0 aliphatic carbocycles. The van der Waals surface area contributed by atoms with E-state index in [-0.39, 0.29) is 6.04 Å². The van der Waals surface area contributed by atoms with Gasteiger partial charge >= 0.3 is 0 Å². The van der Waals surface area contributed by atoms with E-state index in [0.717, 1.165) is 6.07 Å². The van der Waals surface area contributed by atoms with Crippen molar-refractivity contribution in [1.29, 1.82) is 0 Å². The highest BCUT2D eigenvalue weighted by Crippen LogP contribution is 2.19. The summed E-state index contributed by atoms with van der Waals surface area (Å²) in [5, 5.41) is 0. The Balaban J connectivity index is 2.30. The van der Waals surface area contributed by atoms with E-state index in [0.29, 0.717) is 23.5 Å². The zero-order valence-electron chi connectivity index (χ0n) is 9.37. The van der Waals surface area contributed by atoms with Crippen molar-refractivity contribution in [3.63, 3.8) is 0 Å². The molecule has 1 aromatic heterocycles. The average Bonchev–Trinajstić information content (AvgIpc) is 2.63. The Bertz CT molecular complexity index is 500. The lowest BCUT2D eigenvalue weighted by Crippen LogP contribution is -2.18. The predicted molar refractivity (Wildman–Crippen MR) is 61.3 cm³/mol. The Labute approximate surface area is 97.7 Å². The molecule has 90 valence electrons. The van der Waals surface area contributed by atoms with E-state index in [9.17, 15) is 8.78 Å². The lowest BCUT2D eigenvalue weighted by atomic mass is 10.1. The van der Waals surface area contributed by atoms with Crippen LogP contribution in [-0.4, -0.2) is 16.0 Å². The summed E-state index contributed by atoms with van der Waals surface area (Å²) in [5.41, 5.74) is 6.66. The Kier molecular flexibility index (Phi) is 3.19. The van der Waals surface area contributed by atoms with E-state index in [1.807, 2.05) is 6.92 Å². The van der Waals surface area contributed by atoms with Crippen LogP contribution in [0.4, 0.5) is 8.78 Å². The number of hydrogen-bond donors (Lipinski definition) is 2. The van der Waals surface area contributed by atoms with Gasteiger partial charge in [-0.2, -0.15) is 0 Å². The fraction of sp³-hybridized carbons (Fsp3) is 0.250. The van der Waals surface area contributed by atoms with Crippen molar-refractivity contribution in [2.24, 2.45) is 5.73 Å². The van der Waals surface area contributed by atoms with Crippen LogP contribution in [0.3, 0.4) is 0 Å². The van der Waals surface area contributed by atoms with Crippen LogP contribution in [0, 0.1) is 11.6 Å². The quantitative estimate of drug-likeness (QED) is 0.860. The number of H-pyrrole nitrogens is 1. The molecule has 0 bridgehead atoms. The number of aromatic amines is 1. The largest absolute Gasteiger partial charge is 0.342 e. The summed E-state index contributed by atoms with van der Waals surface area (Å²) in [6.45, 7) is 1.87. The first-order chi connectivity index (χ1) is 8.04. The number of benzene rings is 1. The fourth-order valence-corrected chi connectivity index (χ4v) is 1.63. The number of aromatic nitrogens is 2. The van der Waals surface area contributed by atoms with Gasteiger partial charge < -0.3 is 10.7 Å². The van der Waals surface area contributed by atoms with Gasteiger partial charge in [0, 0.05) is 24.1 Å². The van der Waals surface area contributed by atoms with Crippen molar-refractivity contribution < 1.29 is 8.78 Å². The van der Waals surface area contributed by atoms with Crippen LogP contribution in [0.15, 0.2) is 24.4 Å². The molecule has 3 nitrogen and oxygen atoms in total. The minimum Gasteiger partial charge on any atom is -0.342 e. The smallest absolute Gasteiger partial charge is 0.126 e. The minimum atomic E-state index is -0.608. The lowest BCUT2D eigenvalue weighted by molar-refractivity contribution is 0.584. The van der Waals surface area contributed by atoms with Crippen molar-refractivity contribution in [2.45, 2.75) is 19.4 Å². The van der Waals surface area contributed by atoms with E-state index in [4.69, 9.17) is 5.73 Å². The topological polar surface area (TPSA) is 54.7 Å². The number of imidazole rings is 1. The van der Waals surface area contributed by atoms with Crippen LogP contribution in [0.2, 0.25) is 0 Å². The summed E-state index contributed by atoms with van der Waals surface area (Å²) in [5.74, 6) is -0.508. The molecular weight excluding hydrogens is 224 g/mol. The monoisotopic (exact) mass is 237 g/mol. The SMILES string of the molecule is CC(N)Cc1ncc(-c2cc(F)cc(F)c2)[nH]1. The standard InChI is InChI=1S/C12H13F2N3/c1-7(15)2-12-16-6-11(17-12)8-3-9(13)5-10(14)4-8/h3-7H,2,15H2,1H3,(H,16,17). The first-order valence-corrected chi connectivity index (χ1v) is 5.30. The summed E-state index contributed by atoms with van der Waals surface area (Å²) in [7, 11) is 0. The molecule has 3 N–H and O–H groups in total. The van der Waals surface area contributed by atoms with Crippen LogP contribution >= 0.6 is 0 Å². The van der Waals surface area contributed by atoms with E-state index in [2.05, 4.69) is 9.97 Å². The van der Waals surface area contributed by atoms with Crippen LogP contribution in [-0.2, 0) is 6.42 Å². The molecule has 1 heterocycles. The van der Waals surface area contributed by atoms with Crippen molar-refractivity contribution >= 4 is 0 Å². The van der Waals surface area contributed by atoms with Gasteiger partial charge in [0.1, 0.15) is 17.5 Å². The first-order valence-electron chi connectivity index (χ1n) is 5.30. The molecule has 0 saturated heterocycles. The highest BCUT2D eigenvalue weighted by molar-refractivity contribution is 5.58. The molecule has 1 aromatic carbocycles. The van der Waals surface area contributed by atoms with Gasteiger partial charge in [-0.3, -0.25) is 0 Å².